The van der Waals surface area contributed by atoms with Gasteiger partial charge in [-0.1, -0.05) is 6.07 Å². The highest BCUT2D eigenvalue weighted by molar-refractivity contribution is 5.85. The Morgan fingerprint density at radius 2 is 1.61 bits per heavy atom. The van der Waals surface area contributed by atoms with Crippen LogP contribution in [0.25, 0.3) is 0 Å². The molecule has 23 heavy (non-hydrogen) atoms. The molecule has 1 saturated heterocycles. The summed E-state index contributed by atoms with van der Waals surface area (Å²) in [5, 5.41) is 2.98. The van der Waals surface area contributed by atoms with Crippen LogP contribution in [-0.4, -0.2) is 37.5 Å². The van der Waals surface area contributed by atoms with Gasteiger partial charge < -0.3 is 5.32 Å². The highest BCUT2D eigenvalue weighted by Crippen LogP contribution is 2.35. The molecule has 134 valence electrons. The Labute approximate surface area is 142 Å². The zero-order valence-corrected chi connectivity index (χ0v) is 13.4. The van der Waals surface area contributed by atoms with Crippen molar-refractivity contribution in [3.05, 3.63) is 35.1 Å². The molecule has 1 aliphatic heterocycles. The minimum absolute atomic E-state index is 0. The SMILES string of the molecule is Cl.Cl.Fc1ccc([C@@H](C(F)F)N2CCNCC2)cc1C(F)(F)F. The summed E-state index contributed by atoms with van der Waals surface area (Å²) in [6, 6.07) is 0.599. The number of halogens is 8. The fourth-order valence-corrected chi connectivity index (χ4v) is 2.42. The third-order valence-corrected chi connectivity index (χ3v) is 3.42. The lowest BCUT2D eigenvalue weighted by atomic mass is 10.0. The van der Waals surface area contributed by atoms with Gasteiger partial charge >= 0.3 is 6.18 Å². The van der Waals surface area contributed by atoms with E-state index < -0.39 is 30.0 Å². The zero-order valence-electron chi connectivity index (χ0n) is 11.7. The molecule has 0 saturated carbocycles. The van der Waals surface area contributed by atoms with E-state index in [-0.39, 0.29) is 30.4 Å². The first-order chi connectivity index (χ1) is 9.80. The van der Waals surface area contributed by atoms with Gasteiger partial charge in [-0.15, -0.1) is 24.8 Å². The fraction of sp³-hybridized carbons (Fsp3) is 0.538. The average molecular weight is 385 g/mol. The van der Waals surface area contributed by atoms with Crippen LogP contribution in [0.2, 0.25) is 0 Å². The molecule has 1 N–H and O–H groups in total. The number of hydrogen-bond acceptors (Lipinski definition) is 2. The van der Waals surface area contributed by atoms with Crippen LogP contribution < -0.4 is 5.32 Å². The zero-order chi connectivity index (χ0) is 15.6. The molecule has 0 spiro atoms. The molecule has 0 unspecified atom stereocenters. The average Bonchev–Trinajstić information content (AvgIpc) is 2.40. The van der Waals surface area contributed by atoms with Gasteiger partial charge in [0, 0.05) is 26.2 Å². The second kappa shape index (κ2) is 8.96. The van der Waals surface area contributed by atoms with E-state index in [1.54, 1.807) is 0 Å². The number of hydrogen-bond donors (Lipinski definition) is 1. The predicted octanol–water partition coefficient (Wildman–Crippen LogP) is 3.90. The summed E-state index contributed by atoms with van der Waals surface area (Å²) in [5.74, 6) is -1.46. The lowest BCUT2D eigenvalue weighted by molar-refractivity contribution is -0.140. The van der Waals surface area contributed by atoms with Crippen molar-refractivity contribution in [2.45, 2.75) is 18.6 Å². The van der Waals surface area contributed by atoms with E-state index in [1.165, 1.54) is 4.90 Å². The number of piperazine rings is 1. The summed E-state index contributed by atoms with van der Waals surface area (Å²) in [6.45, 7) is 1.56. The highest BCUT2D eigenvalue weighted by atomic mass is 35.5. The molecule has 0 aliphatic carbocycles. The van der Waals surface area contributed by atoms with Crippen molar-refractivity contribution < 1.29 is 26.3 Å². The van der Waals surface area contributed by atoms with E-state index in [4.69, 9.17) is 0 Å². The molecule has 0 bridgehead atoms. The maximum absolute atomic E-state index is 13.3. The number of benzene rings is 1. The number of alkyl halides is 5. The summed E-state index contributed by atoms with van der Waals surface area (Å²) in [6.07, 6.45) is -7.76. The molecule has 1 aliphatic rings. The van der Waals surface area contributed by atoms with Crippen LogP contribution in [0.1, 0.15) is 17.2 Å². The van der Waals surface area contributed by atoms with Crippen LogP contribution in [0.4, 0.5) is 26.3 Å². The third kappa shape index (κ3) is 5.41. The van der Waals surface area contributed by atoms with Crippen molar-refractivity contribution in [1.82, 2.24) is 10.2 Å². The first-order valence-corrected chi connectivity index (χ1v) is 6.40. The van der Waals surface area contributed by atoms with Gasteiger partial charge in [-0.2, -0.15) is 13.2 Å². The van der Waals surface area contributed by atoms with Gasteiger partial charge in [0.25, 0.3) is 6.43 Å². The molecule has 0 radical (unpaired) electrons. The predicted molar refractivity (Wildman–Crippen MR) is 79.1 cm³/mol. The fourth-order valence-electron chi connectivity index (χ4n) is 2.42. The van der Waals surface area contributed by atoms with E-state index in [2.05, 4.69) is 5.32 Å². The normalized spacial score (nSPS) is 17.3. The maximum Gasteiger partial charge on any atom is 0.419 e. The molecule has 0 amide bonds. The number of nitrogens with zero attached hydrogens (tertiary/aromatic N) is 1. The summed E-state index contributed by atoms with van der Waals surface area (Å²) < 4.78 is 77.8. The van der Waals surface area contributed by atoms with Crippen molar-refractivity contribution in [2.24, 2.45) is 0 Å². The molecule has 1 fully saturated rings. The van der Waals surface area contributed by atoms with Crippen molar-refractivity contribution in [1.29, 1.82) is 0 Å². The van der Waals surface area contributed by atoms with Gasteiger partial charge in [0.15, 0.2) is 0 Å². The Hall–Kier alpha value is -0.700. The largest absolute Gasteiger partial charge is 0.419 e. The molecule has 1 aromatic carbocycles. The lowest BCUT2D eigenvalue weighted by Crippen LogP contribution is -2.47. The van der Waals surface area contributed by atoms with Crippen LogP contribution in [0.3, 0.4) is 0 Å². The molecule has 2 rings (SSSR count). The Morgan fingerprint density at radius 3 is 2.09 bits per heavy atom. The van der Waals surface area contributed by atoms with E-state index >= 15 is 0 Å². The van der Waals surface area contributed by atoms with Gasteiger partial charge in [-0.05, 0) is 17.7 Å². The van der Waals surface area contributed by atoms with Crippen molar-refractivity contribution in [2.75, 3.05) is 26.2 Å². The van der Waals surface area contributed by atoms with Crippen LogP contribution in [0.5, 0.6) is 0 Å². The Balaban J connectivity index is 0.00000242. The van der Waals surface area contributed by atoms with Crippen molar-refractivity contribution >= 4 is 24.8 Å². The second-order valence-corrected chi connectivity index (χ2v) is 4.80. The van der Waals surface area contributed by atoms with Crippen LogP contribution >= 0.6 is 24.8 Å². The molecule has 10 heteroatoms. The van der Waals surface area contributed by atoms with Gasteiger partial charge in [-0.3, -0.25) is 4.90 Å². The summed E-state index contributed by atoms with van der Waals surface area (Å²) in [7, 11) is 0. The molecular weight excluding hydrogens is 369 g/mol. The second-order valence-electron chi connectivity index (χ2n) is 4.80. The van der Waals surface area contributed by atoms with Gasteiger partial charge in [-0.25, -0.2) is 13.2 Å². The van der Waals surface area contributed by atoms with E-state index in [9.17, 15) is 26.3 Å². The first kappa shape index (κ1) is 22.3. The summed E-state index contributed by atoms with van der Waals surface area (Å²) in [4.78, 5) is 1.41. The monoisotopic (exact) mass is 384 g/mol. The van der Waals surface area contributed by atoms with Gasteiger partial charge in [0.1, 0.15) is 5.82 Å². The number of nitrogens with one attached hydrogen (secondary N) is 1. The van der Waals surface area contributed by atoms with Gasteiger partial charge in [0.2, 0.25) is 0 Å². The smallest absolute Gasteiger partial charge is 0.314 e. The minimum atomic E-state index is -4.91. The first-order valence-electron chi connectivity index (χ1n) is 6.40. The standard InChI is InChI=1S/C13H14F6N2.2ClH/c14-10-2-1-8(7-9(10)13(17,18)19)11(12(15)16)21-5-3-20-4-6-21;;/h1-2,7,11-12,20H,3-6H2;2*1H/t11-;;/m0../s1. The van der Waals surface area contributed by atoms with E-state index in [0.29, 0.717) is 38.3 Å². The Kier molecular flexibility index (Phi) is 8.69. The minimum Gasteiger partial charge on any atom is -0.314 e. The molecule has 2 nitrogen and oxygen atoms in total. The van der Waals surface area contributed by atoms with Crippen molar-refractivity contribution in [3.8, 4) is 0 Å². The highest BCUT2D eigenvalue weighted by Gasteiger charge is 2.37. The topological polar surface area (TPSA) is 15.3 Å². The molecule has 1 aromatic rings. The van der Waals surface area contributed by atoms with E-state index in [1.807, 2.05) is 0 Å². The molecule has 0 aromatic heterocycles. The van der Waals surface area contributed by atoms with Crippen LogP contribution in [0, 0.1) is 5.82 Å². The van der Waals surface area contributed by atoms with Crippen LogP contribution in [-0.2, 0) is 6.18 Å². The van der Waals surface area contributed by atoms with Crippen LogP contribution in [0.15, 0.2) is 18.2 Å². The summed E-state index contributed by atoms with van der Waals surface area (Å²) >= 11 is 0. The third-order valence-electron chi connectivity index (χ3n) is 3.42. The van der Waals surface area contributed by atoms with E-state index in [0.717, 1.165) is 6.07 Å². The lowest BCUT2D eigenvalue weighted by Gasteiger charge is -2.34. The maximum atomic E-state index is 13.3. The summed E-state index contributed by atoms with van der Waals surface area (Å²) in [5.41, 5.74) is -1.73. The van der Waals surface area contributed by atoms with Crippen molar-refractivity contribution in [3.63, 3.8) is 0 Å². The molecule has 1 atom stereocenters. The Morgan fingerprint density at radius 1 is 1.04 bits per heavy atom. The molecule has 1 heterocycles. The Bertz CT molecular complexity index is 492. The quantitative estimate of drug-likeness (QED) is 0.795. The van der Waals surface area contributed by atoms with Gasteiger partial charge in [0.05, 0.1) is 11.6 Å². The number of rotatable bonds is 3. The molecular formula is C13H16Cl2F6N2.